The van der Waals surface area contributed by atoms with Crippen molar-refractivity contribution in [3.05, 3.63) is 53.9 Å². The van der Waals surface area contributed by atoms with Crippen LogP contribution in [0, 0.1) is 6.92 Å². The fourth-order valence-corrected chi connectivity index (χ4v) is 3.86. The Morgan fingerprint density at radius 2 is 1.74 bits per heavy atom. The summed E-state index contributed by atoms with van der Waals surface area (Å²) < 4.78 is 75.2. The Balaban J connectivity index is 2.04. The predicted octanol–water partition coefficient (Wildman–Crippen LogP) is 4.89. The molecule has 1 fully saturated rings. The number of hydroxylamine groups is 3. The number of amides is 3. The molecule has 7 nitrogen and oxygen atoms in total. The van der Waals surface area contributed by atoms with Gasteiger partial charge in [0.2, 0.25) is 6.04 Å². The smallest absolute Gasteiger partial charge is 0.267 e. The lowest BCUT2D eigenvalue weighted by atomic mass is 10.1. The molecule has 3 rings (SSSR count). The Hall–Kier alpha value is -3.13. The second-order valence-corrected chi connectivity index (χ2v) is 8.44. The van der Waals surface area contributed by atoms with Gasteiger partial charge in [0.15, 0.2) is 6.54 Å². The summed E-state index contributed by atoms with van der Waals surface area (Å²) in [4.78, 5) is 46.9. The molecule has 0 aliphatic carbocycles. The SMILES string of the molecule is Cc1cnccc1C[N+]1(OC(=O)C(F)(F)F)C(=O)N(c2ccc(SC(F)(F)F)cc2)C(=O)[C@@H]1C. The van der Waals surface area contributed by atoms with E-state index < -0.39 is 58.6 Å². The fourth-order valence-electron chi connectivity index (χ4n) is 3.32. The Labute approximate surface area is 192 Å². The van der Waals surface area contributed by atoms with Gasteiger partial charge in [0.05, 0.1) is 5.69 Å². The van der Waals surface area contributed by atoms with E-state index in [0.29, 0.717) is 10.5 Å². The van der Waals surface area contributed by atoms with Crippen molar-refractivity contribution in [3.8, 4) is 0 Å². The molecule has 3 amide bonds. The molecule has 0 saturated carbocycles. The van der Waals surface area contributed by atoms with Gasteiger partial charge in [-0.05, 0) is 59.2 Å². The lowest BCUT2D eigenvalue weighted by Gasteiger charge is -2.30. The van der Waals surface area contributed by atoms with Crippen LogP contribution < -0.4 is 4.90 Å². The molecule has 2 heterocycles. The number of nitrogens with zero attached hydrogens (tertiary/aromatic N) is 3. The Morgan fingerprint density at radius 3 is 2.26 bits per heavy atom. The van der Waals surface area contributed by atoms with Gasteiger partial charge in [-0.1, -0.05) is 0 Å². The van der Waals surface area contributed by atoms with Crippen molar-refractivity contribution in [1.29, 1.82) is 0 Å². The minimum Gasteiger partial charge on any atom is -0.267 e. The van der Waals surface area contributed by atoms with Gasteiger partial charge in [-0.2, -0.15) is 31.2 Å². The van der Waals surface area contributed by atoms with E-state index in [1.807, 2.05) is 0 Å². The van der Waals surface area contributed by atoms with Crippen LogP contribution in [0.4, 0.5) is 36.8 Å². The largest absolute Gasteiger partial charge is 0.497 e. The average molecular weight is 508 g/mol. The summed E-state index contributed by atoms with van der Waals surface area (Å²) in [5.74, 6) is -3.67. The van der Waals surface area contributed by atoms with Crippen molar-refractivity contribution in [2.24, 2.45) is 0 Å². The lowest BCUT2D eigenvalue weighted by molar-refractivity contribution is -1.04. The van der Waals surface area contributed by atoms with E-state index in [-0.39, 0.29) is 16.1 Å². The summed E-state index contributed by atoms with van der Waals surface area (Å²) in [6.45, 7) is 2.07. The maximum absolute atomic E-state index is 13.4. The third-order valence-electron chi connectivity index (χ3n) is 5.07. The number of halogens is 6. The number of hydrogen-bond acceptors (Lipinski definition) is 6. The van der Waals surface area contributed by atoms with E-state index >= 15 is 0 Å². The molecule has 0 N–H and O–H groups in total. The van der Waals surface area contributed by atoms with E-state index in [2.05, 4.69) is 9.82 Å². The zero-order valence-corrected chi connectivity index (χ0v) is 18.3. The number of urea groups is 1. The molecule has 1 aromatic carbocycles. The predicted molar refractivity (Wildman–Crippen MR) is 106 cm³/mol. The molecule has 1 aliphatic rings. The van der Waals surface area contributed by atoms with Crippen LogP contribution in [0.15, 0.2) is 47.6 Å². The number of anilines is 1. The topological polar surface area (TPSA) is 76.6 Å². The minimum absolute atomic E-state index is 0.192. The maximum Gasteiger partial charge on any atom is 0.497 e. The molecule has 0 radical (unpaired) electrons. The van der Waals surface area contributed by atoms with Crippen LogP contribution >= 0.6 is 11.8 Å². The Bertz CT molecular complexity index is 1120. The van der Waals surface area contributed by atoms with Crippen molar-refractivity contribution in [2.45, 2.75) is 43.0 Å². The van der Waals surface area contributed by atoms with Gasteiger partial charge in [0, 0.05) is 29.8 Å². The first-order valence-corrected chi connectivity index (χ1v) is 10.3. The molecule has 182 valence electrons. The monoisotopic (exact) mass is 508 g/mol. The molecule has 1 aromatic heterocycles. The van der Waals surface area contributed by atoms with Crippen LogP contribution in [-0.2, 0) is 21.0 Å². The number of imide groups is 1. The van der Waals surface area contributed by atoms with Crippen molar-refractivity contribution in [2.75, 3.05) is 4.90 Å². The maximum atomic E-state index is 13.4. The number of carbonyl (C=O) groups is 3. The number of quaternary nitrogens is 1. The normalized spacial score (nSPS) is 21.2. The molecule has 1 saturated heterocycles. The number of pyridine rings is 1. The number of aromatic nitrogens is 1. The highest BCUT2D eigenvalue weighted by Crippen LogP contribution is 2.39. The van der Waals surface area contributed by atoms with Gasteiger partial charge < -0.3 is 0 Å². The van der Waals surface area contributed by atoms with Gasteiger partial charge in [-0.15, -0.1) is 0 Å². The average Bonchev–Trinajstić information content (AvgIpc) is 2.90. The first kappa shape index (κ1) is 25.5. The van der Waals surface area contributed by atoms with Crippen molar-refractivity contribution >= 4 is 35.4 Å². The van der Waals surface area contributed by atoms with Crippen LogP contribution in [0.1, 0.15) is 18.1 Å². The quantitative estimate of drug-likeness (QED) is 0.248. The molecule has 14 heteroatoms. The van der Waals surface area contributed by atoms with Crippen LogP contribution in [0.25, 0.3) is 0 Å². The number of aryl methyl sites for hydroxylation is 1. The third-order valence-corrected chi connectivity index (χ3v) is 5.81. The molecular formula is C20H16F6N3O4S+. The van der Waals surface area contributed by atoms with Gasteiger partial charge in [-0.3, -0.25) is 14.6 Å². The summed E-state index contributed by atoms with van der Waals surface area (Å²) in [5.41, 5.74) is -4.02. The number of thioether (sulfide) groups is 1. The molecule has 34 heavy (non-hydrogen) atoms. The first-order valence-electron chi connectivity index (χ1n) is 9.48. The summed E-state index contributed by atoms with van der Waals surface area (Å²) in [5, 5.41) is 0. The molecule has 0 spiro atoms. The molecule has 2 atom stereocenters. The molecular weight excluding hydrogens is 492 g/mol. The van der Waals surface area contributed by atoms with E-state index in [1.54, 1.807) is 6.92 Å². The number of hydrogen-bond donors (Lipinski definition) is 0. The van der Waals surface area contributed by atoms with Crippen LogP contribution in [0.5, 0.6) is 0 Å². The summed E-state index contributed by atoms with van der Waals surface area (Å²) in [6, 6.07) is 2.59. The van der Waals surface area contributed by atoms with Gasteiger partial charge in [0.25, 0.3) is 0 Å². The highest BCUT2D eigenvalue weighted by atomic mass is 32.2. The zero-order chi connectivity index (χ0) is 25.5. The summed E-state index contributed by atoms with van der Waals surface area (Å²) >= 11 is -0.424. The van der Waals surface area contributed by atoms with Gasteiger partial charge >= 0.3 is 29.6 Å². The Kier molecular flexibility index (Phi) is 6.68. The highest BCUT2D eigenvalue weighted by Gasteiger charge is 2.65. The number of carbonyl (C=O) groups excluding carboxylic acids is 3. The molecule has 0 bridgehead atoms. The highest BCUT2D eigenvalue weighted by molar-refractivity contribution is 8.00. The second kappa shape index (κ2) is 8.91. The number of rotatable bonds is 5. The van der Waals surface area contributed by atoms with Crippen molar-refractivity contribution in [3.63, 3.8) is 0 Å². The van der Waals surface area contributed by atoms with E-state index in [4.69, 9.17) is 0 Å². The van der Waals surface area contributed by atoms with E-state index in [0.717, 1.165) is 31.2 Å². The molecule has 2 aromatic rings. The summed E-state index contributed by atoms with van der Waals surface area (Å²) in [7, 11) is 0. The first-order chi connectivity index (χ1) is 15.7. The van der Waals surface area contributed by atoms with E-state index in [1.165, 1.54) is 18.5 Å². The molecule has 1 unspecified atom stereocenters. The van der Waals surface area contributed by atoms with Crippen LogP contribution in [0.2, 0.25) is 0 Å². The second-order valence-electron chi connectivity index (χ2n) is 7.31. The van der Waals surface area contributed by atoms with Crippen LogP contribution in [0.3, 0.4) is 0 Å². The zero-order valence-electron chi connectivity index (χ0n) is 17.5. The van der Waals surface area contributed by atoms with Crippen molar-refractivity contribution in [1.82, 2.24) is 4.98 Å². The minimum atomic E-state index is -5.45. The standard InChI is InChI=1S/C20H16F6N3O4S/c1-11-9-27-8-7-13(11)10-29(33-17(31)19(21,22)23)12(2)16(30)28(18(29)32)14-3-5-15(6-4-14)34-20(24,25)26/h3-9,12H,10H2,1-2H3/q+1/t12-,29?/m0/s1. The summed E-state index contributed by atoms with van der Waals surface area (Å²) in [6.07, 6.45) is -2.77. The van der Waals surface area contributed by atoms with Crippen LogP contribution in [-0.4, -0.2) is 45.3 Å². The van der Waals surface area contributed by atoms with E-state index in [9.17, 15) is 40.7 Å². The number of alkyl halides is 6. The molecule has 1 aliphatic heterocycles. The number of benzene rings is 1. The van der Waals surface area contributed by atoms with Crippen molar-refractivity contribution < 1.29 is 50.2 Å². The fraction of sp³-hybridized carbons (Fsp3) is 0.300. The lowest BCUT2D eigenvalue weighted by Crippen LogP contribution is -2.57. The Morgan fingerprint density at radius 1 is 1.12 bits per heavy atom. The van der Waals surface area contributed by atoms with Gasteiger partial charge in [0.1, 0.15) is 0 Å². The van der Waals surface area contributed by atoms with Gasteiger partial charge in [-0.25, -0.2) is 9.59 Å². The third kappa shape index (κ3) is 5.01.